The molecule has 1 fully saturated rings. The number of hydrogen-bond donors (Lipinski definition) is 0. The second-order valence-electron chi connectivity index (χ2n) is 5.81. The molecule has 1 atom stereocenters. The molecule has 1 aromatic heterocycles. The van der Waals surface area contributed by atoms with Gasteiger partial charge < -0.3 is 9.80 Å². The minimum absolute atomic E-state index is 0.0235. The van der Waals surface area contributed by atoms with Crippen LogP contribution >= 0.6 is 0 Å². The van der Waals surface area contributed by atoms with E-state index in [0.29, 0.717) is 32.6 Å². The smallest absolute Gasteiger partial charge is 0.228 e. The van der Waals surface area contributed by atoms with Gasteiger partial charge in [-0.25, -0.2) is 0 Å². The van der Waals surface area contributed by atoms with Crippen LogP contribution in [0.15, 0.2) is 36.5 Å². The minimum Gasteiger partial charge on any atom is -0.339 e. The average molecular weight is 301 g/mol. The first kappa shape index (κ1) is 16.2. The predicted molar refractivity (Wildman–Crippen MR) is 84.8 cm³/mol. The van der Waals surface area contributed by atoms with Crippen molar-refractivity contribution in [2.45, 2.75) is 26.8 Å². The fourth-order valence-electron chi connectivity index (χ4n) is 2.71. The first-order valence-corrected chi connectivity index (χ1v) is 7.62. The Labute approximate surface area is 131 Å². The lowest BCUT2D eigenvalue weighted by Gasteiger charge is -2.24. The van der Waals surface area contributed by atoms with Crippen LogP contribution in [-0.4, -0.2) is 46.2 Å². The zero-order valence-electron chi connectivity index (χ0n) is 13.3. The van der Waals surface area contributed by atoms with Gasteiger partial charge in [0.25, 0.3) is 0 Å². The van der Waals surface area contributed by atoms with Gasteiger partial charge >= 0.3 is 0 Å². The summed E-state index contributed by atoms with van der Waals surface area (Å²) in [5, 5.41) is 0. The Morgan fingerprint density at radius 1 is 1.50 bits per heavy atom. The predicted octanol–water partition coefficient (Wildman–Crippen LogP) is 1.85. The Kier molecular flexibility index (Phi) is 5.31. The monoisotopic (exact) mass is 301 g/mol. The molecule has 0 aliphatic carbocycles. The largest absolute Gasteiger partial charge is 0.339 e. The fourth-order valence-corrected chi connectivity index (χ4v) is 2.71. The number of likely N-dealkylation sites (N-methyl/N-ethyl adjacent to an activating group) is 1. The molecule has 2 amide bonds. The van der Waals surface area contributed by atoms with E-state index in [2.05, 4.69) is 11.6 Å². The molecule has 2 rings (SSSR count). The van der Waals surface area contributed by atoms with Crippen LogP contribution in [-0.2, 0) is 16.1 Å². The summed E-state index contributed by atoms with van der Waals surface area (Å²) in [5.74, 6) is -0.187. The molecule has 118 valence electrons. The third kappa shape index (κ3) is 3.93. The summed E-state index contributed by atoms with van der Waals surface area (Å²) >= 11 is 0. The van der Waals surface area contributed by atoms with Crippen LogP contribution in [0.2, 0.25) is 0 Å². The van der Waals surface area contributed by atoms with Gasteiger partial charge in [-0.05, 0) is 26.0 Å². The van der Waals surface area contributed by atoms with Crippen molar-refractivity contribution in [1.29, 1.82) is 0 Å². The molecule has 5 heteroatoms. The van der Waals surface area contributed by atoms with Gasteiger partial charge in [-0.1, -0.05) is 18.2 Å². The molecular weight excluding hydrogens is 278 g/mol. The Balaban J connectivity index is 1.99. The number of pyridine rings is 1. The Bertz CT molecular complexity index is 556. The van der Waals surface area contributed by atoms with Crippen molar-refractivity contribution in [2.75, 3.05) is 19.6 Å². The number of carbonyl (C=O) groups excluding carboxylic acids is 2. The fraction of sp³-hybridized carbons (Fsp3) is 0.471. The first-order chi connectivity index (χ1) is 10.5. The quantitative estimate of drug-likeness (QED) is 0.754. The van der Waals surface area contributed by atoms with Crippen molar-refractivity contribution in [3.8, 4) is 0 Å². The maximum atomic E-state index is 12.5. The normalized spacial score (nSPS) is 17.6. The second kappa shape index (κ2) is 7.20. The molecule has 0 saturated carbocycles. The summed E-state index contributed by atoms with van der Waals surface area (Å²) in [5.41, 5.74) is 1.79. The van der Waals surface area contributed by atoms with Crippen LogP contribution in [0.4, 0.5) is 0 Å². The molecule has 22 heavy (non-hydrogen) atoms. The zero-order valence-corrected chi connectivity index (χ0v) is 13.3. The van der Waals surface area contributed by atoms with Crippen LogP contribution < -0.4 is 0 Å². The average Bonchev–Trinajstić information content (AvgIpc) is 2.86. The summed E-state index contributed by atoms with van der Waals surface area (Å²) in [6, 6.07) is 5.64. The van der Waals surface area contributed by atoms with E-state index < -0.39 is 0 Å². The third-order valence-corrected chi connectivity index (χ3v) is 3.80. The van der Waals surface area contributed by atoms with Gasteiger partial charge in [0.2, 0.25) is 11.8 Å². The lowest BCUT2D eigenvalue weighted by atomic mass is 10.1. The number of amides is 2. The van der Waals surface area contributed by atoms with E-state index in [9.17, 15) is 9.59 Å². The van der Waals surface area contributed by atoms with E-state index in [1.807, 2.05) is 32.0 Å². The molecule has 1 aliphatic heterocycles. The van der Waals surface area contributed by atoms with E-state index in [4.69, 9.17) is 0 Å². The highest BCUT2D eigenvalue weighted by atomic mass is 16.2. The molecule has 1 aliphatic rings. The van der Waals surface area contributed by atoms with Gasteiger partial charge in [0, 0.05) is 32.3 Å². The third-order valence-electron chi connectivity index (χ3n) is 3.80. The standard InChI is InChI=1S/C17H23N3O2/c1-4-19(10-13(2)3)17(22)14-9-16(21)20(11-14)12-15-7-5-6-8-18-15/h5-8,14H,2,4,9-12H2,1,3H3/t14-/m0/s1. The topological polar surface area (TPSA) is 53.5 Å². The van der Waals surface area contributed by atoms with Crippen molar-refractivity contribution in [1.82, 2.24) is 14.8 Å². The van der Waals surface area contributed by atoms with Crippen molar-refractivity contribution < 1.29 is 9.59 Å². The van der Waals surface area contributed by atoms with Gasteiger partial charge in [0.1, 0.15) is 0 Å². The first-order valence-electron chi connectivity index (χ1n) is 7.62. The summed E-state index contributed by atoms with van der Waals surface area (Å²) < 4.78 is 0. The molecule has 0 spiro atoms. The lowest BCUT2D eigenvalue weighted by Crippen LogP contribution is -2.38. The van der Waals surface area contributed by atoms with Gasteiger partial charge in [0.05, 0.1) is 18.2 Å². The molecule has 5 nitrogen and oxygen atoms in total. The molecule has 0 N–H and O–H groups in total. The molecular formula is C17H23N3O2. The molecule has 1 aromatic rings. The number of carbonyl (C=O) groups is 2. The molecule has 0 unspecified atom stereocenters. The van der Waals surface area contributed by atoms with E-state index in [1.165, 1.54) is 0 Å². The van der Waals surface area contributed by atoms with Crippen molar-refractivity contribution in [3.05, 3.63) is 42.2 Å². The van der Waals surface area contributed by atoms with Gasteiger partial charge in [-0.3, -0.25) is 14.6 Å². The Morgan fingerprint density at radius 3 is 2.86 bits per heavy atom. The number of aromatic nitrogens is 1. The van der Waals surface area contributed by atoms with Gasteiger partial charge in [-0.15, -0.1) is 0 Å². The van der Waals surface area contributed by atoms with E-state index in [1.54, 1.807) is 16.0 Å². The number of hydrogen-bond acceptors (Lipinski definition) is 3. The summed E-state index contributed by atoms with van der Waals surface area (Å²) in [4.78, 5) is 32.4. The lowest BCUT2D eigenvalue weighted by molar-refractivity contribution is -0.135. The highest BCUT2D eigenvalue weighted by Crippen LogP contribution is 2.22. The minimum atomic E-state index is -0.254. The second-order valence-corrected chi connectivity index (χ2v) is 5.81. The Morgan fingerprint density at radius 2 is 2.27 bits per heavy atom. The SMILES string of the molecule is C=C(C)CN(CC)C(=O)[C@H]1CC(=O)N(Cc2ccccn2)C1. The number of nitrogens with zero attached hydrogens (tertiary/aromatic N) is 3. The van der Waals surface area contributed by atoms with E-state index >= 15 is 0 Å². The zero-order chi connectivity index (χ0) is 16.1. The summed E-state index contributed by atoms with van der Waals surface area (Å²) in [6.07, 6.45) is 2.00. The van der Waals surface area contributed by atoms with Crippen LogP contribution in [0.1, 0.15) is 26.0 Å². The van der Waals surface area contributed by atoms with Gasteiger partial charge in [-0.2, -0.15) is 0 Å². The van der Waals surface area contributed by atoms with E-state index in [0.717, 1.165) is 11.3 Å². The van der Waals surface area contributed by atoms with E-state index in [-0.39, 0.29) is 17.7 Å². The van der Waals surface area contributed by atoms with Crippen molar-refractivity contribution >= 4 is 11.8 Å². The molecule has 2 heterocycles. The van der Waals surface area contributed by atoms with Crippen LogP contribution in [0.3, 0.4) is 0 Å². The number of rotatable bonds is 6. The van der Waals surface area contributed by atoms with Gasteiger partial charge in [0.15, 0.2) is 0 Å². The van der Waals surface area contributed by atoms with Crippen LogP contribution in [0, 0.1) is 5.92 Å². The highest BCUT2D eigenvalue weighted by molar-refractivity contribution is 5.89. The highest BCUT2D eigenvalue weighted by Gasteiger charge is 2.36. The summed E-state index contributed by atoms with van der Waals surface area (Å²) in [7, 11) is 0. The molecule has 0 radical (unpaired) electrons. The van der Waals surface area contributed by atoms with Crippen LogP contribution in [0.5, 0.6) is 0 Å². The maximum absolute atomic E-state index is 12.5. The van der Waals surface area contributed by atoms with Crippen LogP contribution in [0.25, 0.3) is 0 Å². The molecule has 1 saturated heterocycles. The van der Waals surface area contributed by atoms with Crippen molar-refractivity contribution in [3.63, 3.8) is 0 Å². The molecule has 0 bridgehead atoms. The summed E-state index contributed by atoms with van der Waals surface area (Å²) in [6.45, 7) is 9.84. The molecule has 0 aromatic carbocycles. The number of likely N-dealkylation sites (tertiary alicyclic amines) is 1. The Hall–Kier alpha value is -2.17. The van der Waals surface area contributed by atoms with Crippen molar-refractivity contribution in [2.24, 2.45) is 5.92 Å². The maximum Gasteiger partial charge on any atom is 0.228 e.